The van der Waals surface area contributed by atoms with Crippen LogP contribution in [-0.4, -0.2) is 12.6 Å². The number of hydrogen-bond acceptors (Lipinski definition) is 2. The second kappa shape index (κ2) is 6.48. The summed E-state index contributed by atoms with van der Waals surface area (Å²) in [5, 5.41) is 7.05. The average Bonchev–Trinajstić information content (AvgIpc) is 2.44. The molecule has 0 amide bonds. The molecule has 1 aromatic carbocycles. The van der Waals surface area contributed by atoms with Crippen molar-refractivity contribution in [2.24, 2.45) is 5.41 Å². The molecule has 2 atom stereocenters. The van der Waals surface area contributed by atoms with Gasteiger partial charge < -0.3 is 10.6 Å². The van der Waals surface area contributed by atoms with Crippen molar-refractivity contribution in [3.05, 3.63) is 59.3 Å². The van der Waals surface area contributed by atoms with Gasteiger partial charge in [0.25, 0.3) is 0 Å². The number of aryl methyl sites for hydroxylation is 1. The summed E-state index contributed by atoms with van der Waals surface area (Å²) in [6.07, 6.45) is 6.54. The molecule has 2 nitrogen and oxygen atoms in total. The number of benzene rings is 1. The Labute approximate surface area is 129 Å². The van der Waals surface area contributed by atoms with Crippen LogP contribution >= 0.6 is 0 Å². The first-order valence-electron chi connectivity index (χ1n) is 7.79. The van der Waals surface area contributed by atoms with Gasteiger partial charge in [0.2, 0.25) is 0 Å². The maximum absolute atomic E-state index is 3.63. The van der Waals surface area contributed by atoms with E-state index < -0.39 is 0 Å². The van der Waals surface area contributed by atoms with Crippen LogP contribution in [0.1, 0.15) is 44.9 Å². The zero-order valence-corrected chi connectivity index (χ0v) is 13.9. The Morgan fingerprint density at radius 1 is 1.29 bits per heavy atom. The zero-order chi connectivity index (χ0) is 15.5. The number of hydrogen-bond donors (Lipinski definition) is 2. The van der Waals surface area contributed by atoms with E-state index in [0.717, 1.165) is 6.54 Å². The van der Waals surface area contributed by atoms with Crippen molar-refractivity contribution in [3.8, 4) is 0 Å². The van der Waals surface area contributed by atoms with Crippen LogP contribution in [0.4, 0.5) is 0 Å². The van der Waals surface area contributed by atoms with Crippen molar-refractivity contribution < 1.29 is 0 Å². The lowest BCUT2D eigenvalue weighted by Crippen LogP contribution is -2.38. The predicted molar refractivity (Wildman–Crippen MR) is 91.2 cm³/mol. The largest absolute Gasteiger partial charge is 0.381 e. The van der Waals surface area contributed by atoms with Gasteiger partial charge in [-0.05, 0) is 42.7 Å². The molecule has 1 heterocycles. The molecule has 0 saturated carbocycles. The summed E-state index contributed by atoms with van der Waals surface area (Å²) in [6, 6.07) is 9.45. The fraction of sp³-hybridized carbons (Fsp3) is 0.474. The van der Waals surface area contributed by atoms with Gasteiger partial charge in [-0.1, -0.05) is 56.7 Å². The Kier molecular flexibility index (Phi) is 4.89. The maximum atomic E-state index is 3.63. The molecule has 0 bridgehead atoms. The van der Waals surface area contributed by atoms with E-state index in [4.69, 9.17) is 0 Å². The molecule has 2 heteroatoms. The van der Waals surface area contributed by atoms with Gasteiger partial charge in [-0.3, -0.25) is 0 Å². The number of dihydropyridines is 1. The van der Waals surface area contributed by atoms with Crippen LogP contribution in [0.2, 0.25) is 0 Å². The molecule has 21 heavy (non-hydrogen) atoms. The normalized spacial score (nSPS) is 19.9. The molecule has 2 N–H and O–H groups in total. The van der Waals surface area contributed by atoms with Gasteiger partial charge in [0.1, 0.15) is 0 Å². The van der Waals surface area contributed by atoms with Crippen LogP contribution in [0, 0.1) is 12.3 Å². The number of nitrogens with one attached hydrogen (secondary N) is 2. The van der Waals surface area contributed by atoms with E-state index in [1.807, 2.05) is 0 Å². The van der Waals surface area contributed by atoms with Gasteiger partial charge in [0, 0.05) is 12.6 Å². The summed E-state index contributed by atoms with van der Waals surface area (Å²) in [4.78, 5) is 0. The van der Waals surface area contributed by atoms with Gasteiger partial charge in [-0.25, -0.2) is 0 Å². The summed E-state index contributed by atoms with van der Waals surface area (Å²) < 4.78 is 0. The van der Waals surface area contributed by atoms with Crippen molar-refractivity contribution in [2.45, 2.75) is 46.7 Å². The first kappa shape index (κ1) is 15.8. The standard InChI is InChI=1S/C19H28N2/c1-14-7-6-8-17(11-14)18-12-16(9-10-20-18)13-21-15(2)19(3,4)5/h6-12,15,18,20-21H,13H2,1-5H3. The fourth-order valence-corrected chi connectivity index (χ4v) is 2.33. The van der Waals surface area contributed by atoms with E-state index in [0.29, 0.717) is 6.04 Å². The molecule has 0 fully saturated rings. The molecule has 114 valence electrons. The highest BCUT2D eigenvalue weighted by atomic mass is 14.9. The molecule has 1 aliphatic rings. The lowest BCUT2D eigenvalue weighted by molar-refractivity contribution is 0.293. The minimum atomic E-state index is 0.275. The van der Waals surface area contributed by atoms with E-state index >= 15 is 0 Å². The van der Waals surface area contributed by atoms with Crippen LogP contribution in [-0.2, 0) is 0 Å². The first-order valence-corrected chi connectivity index (χ1v) is 7.79. The van der Waals surface area contributed by atoms with Gasteiger partial charge >= 0.3 is 0 Å². The van der Waals surface area contributed by atoms with Crippen LogP contribution in [0.3, 0.4) is 0 Å². The molecule has 0 aromatic heterocycles. The first-order chi connectivity index (χ1) is 9.86. The lowest BCUT2D eigenvalue weighted by atomic mass is 9.88. The molecular formula is C19H28N2. The Balaban J connectivity index is 2.02. The zero-order valence-electron chi connectivity index (χ0n) is 13.9. The van der Waals surface area contributed by atoms with Crippen molar-refractivity contribution >= 4 is 0 Å². The summed E-state index contributed by atoms with van der Waals surface area (Å²) in [5.74, 6) is 0. The predicted octanol–water partition coefficient (Wildman–Crippen LogP) is 4.10. The van der Waals surface area contributed by atoms with E-state index in [-0.39, 0.29) is 11.5 Å². The monoisotopic (exact) mass is 284 g/mol. The van der Waals surface area contributed by atoms with Crippen LogP contribution < -0.4 is 10.6 Å². The van der Waals surface area contributed by atoms with Gasteiger partial charge in [0.15, 0.2) is 0 Å². The Hall–Kier alpha value is -1.54. The molecule has 0 spiro atoms. The molecule has 1 aromatic rings. The lowest BCUT2D eigenvalue weighted by Gasteiger charge is -2.29. The van der Waals surface area contributed by atoms with Crippen LogP contribution in [0.5, 0.6) is 0 Å². The third-order valence-corrected chi connectivity index (χ3v) is 4.27. The molecule has 0 aliphatic carbocycles. The fourth-order valence-electron chi connectivity index (χ4n) is 2.33. The third kappa shape index (κ3) is 4.47. The molecule has 1 aliphatic heterocycles. The summed E-state index contributed by atoms with van der Waals surface area (Å²) >= 11 is 0. The minimum Gasteiger partial charge on any atom is -0.381 e. The summed E-state index contributed by atoms with van der Waals surface area (Å²) in [5.41, 5.74) is 4.25. The third-order valence-electron chi connectivity index (χ3n) is 4.27. The van der Waals surface area contributed by atoms with Crippen molar-refractivity contribution in [3.63, 3.8) is 0 Å². The second-order valence-electron chi connectivity index (χ2n) is 7.10. The quantitative estimate of drug-likeness (QED) is 0.869. The SMILES string of the molecule is Cc1cccc(C2C=C(CNC(C)C(C)(C)C)C=CN2)c1. The van der Waals surface area contributed by atoms with Crippen molar-refractivity contribution in [1.82, 2.24) is 10.6 Å². The van der Waals surface area contributed by atoms with E-state index in [2.05, 4.69) is 87.9 Å². The molecule has 0 saturated heterocycles. The Morgan fingerprint density at radius 3 is 2.71 bits per heavy atom. The molecule has 2 rings (SSSR count). The smallest absolute Gasteiger partial charge is 0.0698 e. The Morgan fingerprint density at radius 2 is 2.05 bits per heavy atom. The molecule has 2 unspecified atom stereocenters. The van der Waals surface area contributed by atoms with Crippen LogP contribution in [0.25, 0.3) is 0 Å². The molecular weight excluding hydrogens is 256 g/mol. The van der Waals surface area contributed by atoms with Crippen LogP contribution in [0.15, 0.2) is 48.2 Å². The van der Waals surface area contributed by atoms with E-state index in [1.165, 1.54) is 16.7 Å². The van der Waals surface area contributed by atoms with Crippen molar-refractivity contribution in [2.75, 3.05) is 6.54 Å². The highest BCUT2D eigenvalue weighted by Crippen LogP contribution is 2.22. The highest BCUT2D eigenvalue weighted by Gasteiger charge is 2.19. The van der Waals surface area contributed by atoms with Gasteiger partial charge in [0.05, 0.1) is 6.04 Å². The summed E-state index contributed by atoms with van der Waals surface area (Å²) in [6.45, 7) is 12.1. The minimum absolute atomic E-state index is 0.275. The van der Waals surface area contributed by atoms with Crippen molar-refractivity contribution in [1.29, 1.82) is 0 Å². The Bertz CT molecular complexity index is 535. The van der Waals surface area contributed by atoms with E-state index in [1.54, 1.807) is 0 Å². The maximum Gasteiger partial charge on any atom is 0.0698 e. The van der Waals surface area contributed by atoms with Gasteiger partial charge in [-0.15, -0.1) is 0 Å². The van der Waals surface area contributed by atoms with Gasteiger partial charge in [-0.2, -0.15) is 0 Å². The number of rotatable bonds is 4. The average molecular weight is 284 g/mol. The highest BCUT2D eigenvalue weighted by molar-refractivity contribution is 5.34. The molecule has 0 radical (unpaired) electrons. The topological polar surface area (TPSA) is 24.1 Å². The second-order valence-corrected chi connectivity index (χ2v) is 7.10. The van der Waals surface area contributed by atoms with E-state index in [9.17, 15) is 0 Å². The summed E-state index contributed by atoms with van der Waals surface area (Å²) in [7, 11) is 0.